The number of rotatable bonds is 3. The molecule has 1 aromatic carbocycles. The molecule has 5 rings (SSSR count). The first-order valence-electron chi connectivity index (χ1n) is 8.47. The zero-order valence-corrected chi connectivity index (χ0v) is 15.9. The number of hydrogen-bond donors (Lipinski definition) is 1. The monoisotopic (exact) mass is 409 g/mol. The molecule has 0 aliphatic rings. The number of pyridine rings is 1. The Morgan fingerprint density at radius 2 is 2.10 bits per heavy atom. The summed E-state index contributed by atoms with van der Waals surface area (Å²) in [6.07, 6.45) is 1.58. The first-order chi connectivity index (χ1) is 14.1. The van der Waals surface area contributed by atoms with Crippen molar-refractivity contribution in [3.63, 3.8) is 0 Å². The van der Waals surface area contributed by atoms with Crippen molar-refractivity contribution < 1.29 is 9.15 Å². The van der Waals surface area contributed by atoms with E-state index in [4.69, 9.17) is 20.8 Å². The molecule has 0 spiro atoms. The van der Waals surface area contributed by atoms with E-state index in [-0.39, 0.29) is 17.2 Å². The summed E-state index contributed by atoms with van der Waals surface area (Å²) in [6, 6.07) is 6.77. The molecule has 1 N–H and O–H groups in total. The zero-order valence-electron chi connectivity index (χ0n) is 15.2. The third kappa shape index (κ3) is 2.64. The highest BCUT2D eigenvalue weighted by Crippen LogP contribution is 2.29. The number of methoxy groups -OCH3 is 1. The summed E-state index contributed by atoms with van der Waals surface area (Å²) in [5.41, 5.74) is 1.94. The SMILES string of the molecule is COc1cc(-c2nc3c(C)cc4n[nH]nc4c3c(=O)o2)n(-c2ncccc2Cl)n1. The summed E-state index contributed by atoms with van der Waals surface area (Å²) >= 11 is 6.28. The Morgan fingerprint density at radius 1 is 1.24 bits per heavy atom. The molecular weight excluding hydrogens is 398 g/mol. The maximum absolute atomic E-state index is 12.8. The van der Waals surface area contributed by atoms with E-state index in [2.05, 4.69) is 30.5 Å². The normalized spacial score (nSPS) is 11.4. The first-order valence-corrected chi connectivity index (χ1v) is 8.85. The third-order valence-corrected chi connectivity index (χ3v) is 4.73. The lowest BCUT2D eigenvalue weighted by molar-refractivity contribution is 0.394. The van der Waals surface area contributed by atoms with Gasteiger partial charge in [-0.2, -0.15) is 15.4 Å². The van der Waals surface area contributed by atoms with Crippen LogP contribution in [-0.4, -0.2) is 42.3 Å². The molecule has 0 saturated carbocycles. The van der Waals surface area contributed by atoms with Gasteiger partial charge in [0.15, 0.2) is 5.82 Å². The van der Waals surface area contributed by atoms with Crippen LogP contribution in [0.2, 0.25) is 5.02 Å². The van der Waals surface area contributed by atoms with Gasteiger partial charge in [-0.15, -0.1) is 5.10 Å². The molecule has 4 heterocycles. The van der Waals surface area contributed by atoms with Crippen molar-refractivity contribution in [2.45, 2.75) is 6.92 Å². The van der Waals surface area contributed by atoms with Crippen LogP contribution < -0.4 is 10.4 Å². The summed E-state index contributed by atoms with van der Waals surface area (Å²) in [4.78, 5) is 21.7. The minimum atomic E-state index is -0.591. The number of aryl methyl sites for hydroxylation is 1. The molecule has 0 aliphatic carbocycles. The van der Waals surface area contributed by atoms with Crippen LogP contribution in [0.1, 0.15) is 5.56 Å². The lowest BCUT2D eigenvalue weighted by Gasteiger charge is -2.07. The van der Waals surface area contributed by atoms with Crippen LogP contribution in [0.3, 0.4) is 0 Å². The van der Waals surface area contributed by atoms with Gasteiger partial charge in [0.2, 0.25) is 11.8 Å². The zero-order chi connectivity index (χ0) is 20.1. The molecule has 0 unspecified atom stereocenters. The summed E-state index contributed by atoms with van der Waals surface area (Å²) in [7, 11) is 1.48. The number of aromatic amines is 1. The van der Waals surface area contributed by atoms with Gasteiger partial charge in [0.25, 0.3) is 0 Å². The largest absolute Gasteiger partial charge is 0.480 e. The van der Waals surface area contributed by atoms with Crippen molar-refractivity contribution in [2.24, 2.45) is 0 Å². The van der Waals surface area contributed by atoms with Gasteiger partial charge in [-0.25, -0.2) is 19.4 Å². The molecule has 0 fully saturated rings. The minimum absolute atomic E-state index is 0.0472. The van der Waals surface area contributed by atoms with Crippen molar-refractivity contribution in [1.82, 2.24) is 35.2 Å². The van der Waals surface area contributed by atoms with E-state index in [1.165, 1.54) is 11.8 Å². The van der Waals surface area contributed by atoms with Crippen molar-refractivity contribution in [3.05, 3.63) is 51.5 Å². The fourth-order valence-electron chi connectivity index (χ4n) is 3.12. The van der Waals surface area contributed by atoms with Crippen LogP contribution in [0.15, 0.2) is 39.7 Å². The number of halogens is 1. The highest BCUT2D eigenvalue weighted by atomic mass is 35.5. The Bertz CT molecular complexity index is 1450. The molecule has 10 nitrogen and oxygen atoms in total. The second kappa shape index (κ2) is 6.38. The number of nitrogens with one attached hydrogen (secondary N) is 1. The number of nitrogens with zero attached hydrogens (tertiary/aromatic N) is 6. The van der Waals surface area contributed by atoms with E-state index in [1.807, 2.05) is 6.92 Å². The quantitative estimate of drug-likeness (QED) is 0.482. The average molecular weight is 410 g/mol. The summed E-state index contributed by atoms with van der Waals surface area (Å²) in [6.45, 7) is 1.83. The number of hydrogen-bond acceptors (Lipinski definition) is 8. The molecule has 5 aromatic rings. The van der Waals surface area contributed by atoms with E-state index in [0.29, 0.717) is 33.1 Å². The molecular formula is C18H12ClN7O3. The van der Waals surface area contributed by atoms with E-state index in [0.717, 1.165) is 5.56 Å². The number of ether oxygens (including phenoxy) is 1. The van der Waals surface area contributed by atoms with Crippen LogP contribution in [0.4, 0.5) is 0 Å². The predicted octanol–water partition coefficient (Wildman–Crippen LogP) is 2.68. The minimum Gasteiger partial charge on any atom is -0.480 e. The first kappa shape index (κ1) is 17.3. The van der Waals surface area contributed by atoms with E-state index in [9.17, 15) is 4.79 Å². The molecule has 29 heavy (non-hydrogen) atoms. The Kier molecular flexibility index (Phi) is 3.81. The number of fused-ring (bicyclic) bond motifs is 3. The highest BCUT2D eigenvalue weighted by molar-refractivity contribution is 6.32. The molecule has 0 saturated heterocycles. The second-order valence-corrected chi connectivity index (χ2v) is 6.61. The smallest absolute Gasteiger partial charge is 0.349 e. The van der Waals surface area contributed by atoms with Gasteiger partial charge >= 0.3 is 5.63 Å². The molecule has 0 amide bonds. The van der Waals surface area contributed by atoms with Crippen LogP contribution in [0.25, 0.3) is 39.3 Å². The Hall–Kier alpha value is -3.79. The van der Waals surface area contributed by atoms with Crippen molar-refractivity contribution in [3.8, 4) is 23.3 Å². The molecule has 11 heteroatoms. The summed E-state index contributed by atoms with van der Waals surface area (Å²) < 4.78 is 12.2. The van der Waals surface area contributed by atoms with Gasteiger partial charge in [0.1, 0.15) is 22.1 Å². The van der Waals surface area contributed by atoms with Gasteiger partial charge in [-0.1, -0.05) is 11.6 Å². The Balaban J connectivity index is 1.82. The Labute approximate surface area is 167 Å². The topological polar surface area (TPSA) is 125 Å². The highest BCUT2D eigenvalue weighted by Gasteiger charge is 2.21. The summed E-state index contributed by atoms with van der Waals surface area (Å²) in [5, 5.41) is 15.5. The third-order valence-electron chi connectivity index (χ3n) is 4.44. The fourth-order valence-corrected chi connectivity index (χ4v) is 3.32. The number of benzene rings is 1. The molecule has 0 radical (unpaired) electrons. The maximum Gasteiger partial charge on any atom is 0.349 e. The van der Waals surface area contributed by atoms with Gasteiger partial charge in [0, 0.05) is 12.3 Å². The van der Waals surface area contributed by atoms with Crippen LogP contribution in [-0.2, 0) is 0 Å². The molecule has 0 atom stereocenters. The molecule has 0 bridgehead atoms. The van der Waals surface area contributed by atoms with Gasteiger partial charge < -0.3 is 9.15 Å². The van der Waals surface area contributed by atoms with Gasteiger partial charge in [-0.05, 0) is 30.7 Å². The van der Waals surface area contributed by atoms with Gasteiger partial charge in [-0.3, -0.25) is 0 Å². The number of H-pyrrole nitrogens is 1. The maximum atomic E-state index is 12.8. The predicted molar refractivity (Wildman–Crippen MR) is 104 cm³/mol. The fraction of sp³-hybridized carbons (Fsp3) is 0.111. The van der Waals surface area contributed by atoms with Crippen LogP contribution in [0, 0.1) is 6.92 Å². The Morgan fingerprint density at radius 3 is 2.90 bits per heavy atom. The van der Waals surface area contributed by atoms with E-state index < -0.39 is 5.63 Å². The van der Waals surface area contributed by atoms with Crippen molar-refractivity contribution in [2.75, 3.05) is 7.11 Å². The van der Waals surface area contributed by atoms with E-state index >= 15 is 0 Å². The van der Waals surface area contributed by atoms with Crippen molar-refractivity contribution >= 4 is 33.5 Å². The summed E-state index contributed by atoms with van der Waals surface area (Å²) in [5.74, 6) is 0.682. The average Bonchev–Trinajstić information content (AvgIpc) is 3.35. The van der Waals surface area contributed by atoms with Gasteiger partial charge in [0.05, 0.1) is 17.6 Å². The lowest BCUT2D eigenvalue weighted by Crippen LogP contribution is -2.08. The van der Waals surface area contributed by atoms with Crippen molar-refractivity contribution in [1.29, 1.82) is 0 Å². The lowest BCUT2D eigenvalue weighted by atomic mass is 10.1. The molecule has 144 valence electrons. The standard InChI is InChI=1S/C18H12ClN7O3/c1-8-6-10-15(23-25-22-10)13-14(8)21-17(29-18(13)27)11-7-12(28-2)24-26(11)16-9(19)4-3-5-20-16/h3-7H,1-2H3,(H,22,23,25). The molecule has 0 aliphatic heterocycles. The number of aromatic nitrogens is 7. The van der Waals surface area contributed by atoms with E-state index in [1.54, 1.807) is 30.5 Å². The second-order valence-electron chi connectivity index (χ2n) is 6.21. The van der Waals surface area contributed by atoms with Crippen LogP contribution in [0.5, 0.6) is 5.88 Å². The molecule has 4 aromatic heterocycles. The van der Waals surface area contributed by atoms with Crippen LogP contribution >= 0.6 is 11.6 Å².